The van der Waals surface area contributed by atoms with E-state index in [1.807, 2.05) is 24.3 Å². The fourth-order valence-electron chi connectivity index (χ4n) is 2.34. The number of hydrogen-bond acceptors (Lipinski definition) is 3. The molecular weight excluding hydrogens is 266 g/mol. The third-order valence-corrected chi connectivity index (χ3v) is 3.43. The van der Waals surface area contributed by atoms with Gasteiger partial charge >= 0.3 is 0 Å². The van der Waals surface area contributed by atoms with Crippen LogP contribution in [0.2, 0.25) is 0 Å². The molecule has 0 aliphatic heterocycles. The molecule has 4 nitrogen and oxygen atoms in total. The van der Waals surface area contributed by atoms with E-state index in [2.05, 4.69) is 0 Å². The van der Waals surface area contributed by atoms with E-state index in [1.54, 1.807) is 37.6 Å². The Bertz CT molecular complexity index is 816. The first-order valence-corrected chi connectivity index (χ1v) is 6.48. The summed E-state index contributed by atoms with van der Waals surface area (Å²) in [6, 6.07) is 14.2. The van der Waals surface area contributed by atoms with Crippen LogP contribution in [-0.4, -0.2) is 23.9 Å². The average molecular weight is 279 g/mol. The van der Waals surface area contributed by atoms with Crippen molar-refractivity contribution >= 4 is 23.1 Å². The van der Waals surface area contributed by atoms with Crippen LogP contribution in [0.15, 0.2) is 54.7 Å². The van der Waals surface area contributed by atoms with Crippen LogP contribution >= 0.6 is 0 Å². The molecule has 104 valence electrons. The highest BCUT2D eigenvalue weighted by Crippen LogP contribution is 2.21. The number of hydrogen-bond donors (Lipinski definition) is 0. The fraction of sp³-hybridized carbons (Fsp3) is 0.0588. The van der Waals surface area contributed by atoms with Crippen LogP contribution in [0.5, 0.6) is 5.75 Å². The first-order chi connectivity index (χ1) is 10.2. The number of para-hydroxylation sites is 1. The van der Waals surface area contributed by atoms with Crippen molar-refractivity contribution in [2.24, 2.45) is 0 Å². The largest absolute Gasteiger partial charge is 0.497 e. The van der Waals surface area contributed by atoms with E-state index in [9.17, 15) is 9.59 Å². The minimum Gasteiger partial charge on any atom is -0.497 e. The first-order valence-electron chi connectivity index (χ1n) is 6.48. The lowest BCUT2D eigenvalue weighted by Gasteiger charge is -2.05. The predicted molar refractivity (Wildman–Crippen MR) is 80.0 cm³/mol. The summed E-state index contributed by atoms with van der Waals surface area (Å²) in [4.78, 5) is 23.7. The summed E-state index contributed by atoms with van der Waals surface area (Å²) in [5, 5.41) is 0.773. The van der Waals surface area contributed by atoms with Crippen LogP contribution in [0, 0.1) is 0 Å². The number of nitrogens with zero attached hydrogens (tertiary/aromatic N) is 1. The van der Waals surface area contributed by atoms with Gasteiger partial charge in [-0.15, -0.1) is 0 Å². The van der Waals surface area contributed by atoms with Crippen LogP contribution < -0.4 is 4.74 Å². The van der Waals surface area contributed by atoms with Crippen LogP contribution in [0.1, 0.15) is 20.7 Å². The number of rotatable bonds is 3. The summed E-state index contributed by atoms with van der Waals surface area (Å²) >= 11 is 0. The van der Waals surface area contributed by atoms with E-state index in [1.165, 1.54) is 4.57 Å². The number of benzene rings is 2. The first kappa shape index (κ1) is 13.1. The Morgan fingerprint density at radius 2 is 1.81 bits per heavy atom. The van der Waals surface area contributed by atoms with Gasteiger partial charge in [0, 0.05) is 22.7 Å². The Morgan fingerprint density at radius 1 is 1.10 bits per heavy atom. The zero-order chi connectivity index (χ0) is 14.8. The predicted octanol–water partition coefficient (Wildman–Crippen LogP) is 3.15. The number of aldehydes is 1. The molecule has 0 spiro atoms. The summed E-state index contributed by atoms with van der Waals surface area (Å²) in [7, 11) is 1.58. The number of aromatic nitrogens is 1. The molecule has 0 radical (unpaired) electrons. The second-order valence-electron chi connectivity index (χ2n) is 4.62. The summed E-state index contributed by atoms with van der Waals surface area (Å²) in [6.45, 7) is 0. The van der Waals surface area contributed by atoms with Crippen molar-refractivity contribution in [2.45, 2.75) is 0 Å². The number of carbonyl (C=O) groups excluding carboxylic acids is 2. The van der Waals surface area contributed by atoms with Crippen molar-refractivity contribution in [1.29, 1.82) is 0 Å². The quantitative estimate of drug-likeness (QED) is 0.692. The minimum atomic E-state index is -0.179. The molecule has 0 bridgehead atoms. The van der Waals surface area contributed by atoms with E-state index >= 15 is 0 Å². The molecule has 0 aliphatic rings. The molecule has 2 aromatic carbocycles. The van der Waals surface area contributed by atoms with Gasteiger partial charge in [-0.25, -0.2) is 0 Å². The Labute approximate surface area is 121 Å². The van der Waals surface area contributed by atoms with Crippen LogP contribution in [0.25, 0.3) is 10.9 Å². The number of ether oxygens (including phenoxy) is 1. The molecule has 0 amide bonds. The van der Waals surface area contributed by atoms with Gasteiger partial charge in [-0.2, -0.15) is 0 Å². The highest BCUT2D eigenvalue weighted by Gasteiger charge is 2.14. The van der Waals surface area contributed by atoms with Crippen LogP contribution in [-0.2, 0) is 0 Å². The van der Waals surface area contributed by atoms with Gasteiger partial charge in [0.25, 0.3) is 5.91 Å². The Kier molecular flexibility index (Phi) is 3.28. The summed E-state index contributed by atoms with van der Waals surface area (Å²) in [5.74, 6) is 0.513. The van der Waals surface area contributed by atoms with Gasteiger partial charge in [0.1, 0.15) is 5.75 Å². The molecule has 0 saturated heterocycles. The topological polar surface area (TPSA) is 48.3 Å². The summed E-state index contributed by atoms with van der Waals surface area (Å²) in [6.07, 6.45) is 2.34. The van der Waals surface area contributed by atoms with Crippen molar-refractivity contribution in [3.8, 4) is 5.75 Å². The summed E-state index contributed by atoms with van der Waals surface area (Å²) in [5.41, 5.74) is 1.77. The van der Waals surface area contributed by atoms with E-state index in [0.717, 1.165) is 17.2 Å². The molecule has 0 unspecified atom stereocenters. The van der Waals surface area contributed by atoms with Crippen LogP contribution in [0.4, 0.5) is 0 Å². The third-order valence-electron chi connectivity index (χ3n) is 3.43. The van der Waals surface area contributed by atoms with Crippen LogP contribution in [0.3, 0.4) is 0 Å². The summed E-state index contributed by atoms with van der Waals surface area (Å²) < 4.78 is 6.58. The van der Waals surface area contributed by atoms with Gasteiger partial charge < -0.3 is 4.74 Å². The molecule has 3 aromatic rings. The molecule has 1 aromatic heterocycles. The molecule has 0 N–H and O–H groups in total. The maximum Gasteiger partial charge on any atom is 0.262 e. The lowest BCUT2D eigenvalue weighted by atomic mass is 10.2. The number of fused-ring (bicyclic) bond motifs is 1. The zero-order valence-corrected chi connectivity index (χ0v) is 11.4. The third kappa shape index (κ3) is 2.21. The van der Waals surface area contributed by atoms with Gasteiger partial charge in [-0.05, 0) is 30.3 Å². The van der Waals surface area contributed by atoms with Crippen molar-refractivity contribution in [1.82, 2.24) is 4.57 Å². The normalized spacial score (nSPS) is 10.5. The molecular formula is C17H13NO3. The van der Waals surface area contributed by atoms with Crippen molar-refractivity contribution in [2.75, 3.05) is 7.11 Å². The highest BCUT2D eigenvalue weighted by atomic mass is 16.5. The van der Waals surface area contributed by atoms with Gasteiger partial charge in [0.15, 0.2) is 6.29 Å². The van der Waals surface area contributed by atoms with Crippen molar-refractivity contribution < 1.29 is 14.3 Å². The SMILES string of the molecule is COc1ccc(C(=O)n2cc(C=O)c3ccccc32)cc1. The molecule has 4 heteroatoms. The zero-order valence-electron chi connectivity index (χ0n) is 11.4. The fourth-order valence-corrected chi connectivity index (χ4v) is 2.34. The monoisotopic (exact) mass is 279 g/mol. The average Bonchev–Trinajstić information content (AvgIpc) is 2.93. The van der Waals surface area contributed by atoms with Crippen molar-refractivity contribution in [3.05, 3.63) is 65.9 Å². The lowest BCUT2D eigenvalue weighted by molar-refractivity contribution is 0.0965. The van der Waals surface area contributed by atoms with Gasteiger partial charge in [0.05, 0.1) is 12.6 Å². The molecule has 3 rings (SSSR count). The van der Waals surface area contributed by atoms with Crippen molar-refractivity contribution in [3.63, 3.8) is 0 Å². The molecule has 0 saturated carbocycles. The Morgan fingerprint density at radius 3 is 2.48 bits per heavy atom. The van der Waals surface area contributed by atoms with E-state index in [-0.39, 0.29) is 5.91 Å². The standard InChI is InChI=1S/C17H13NO3/c1-21-14-8-6-12(7-9-14)17(20)18-10-13(11-19)15-4-2-3-5-16(15)18/h2-11H,1H3. The Balaban J connectivity index is 2.10. The maximum atomic E-state index is 12.6. The second kappa shape index (κ2) is 5.25. The highest BCUT2D eigenvalue weighted by molar-refractivity contribution is 6.06. The second-order valence-corrected chi connectivity index (χ2v) is 4.62. The van der Waals surface area contributed by atoms with E-state index < -0.39 is 0 Å². The smallest absolute Gasteiger partial charge is 0.262 e. The van der Waals surface area contributed by atoms with E-state index in [0.29, 0.717) is 16.9 Å². The molecule has 21 heavy (non-hydrogen) atoms. The lowest BCUT2D eigenvalue weighted by Crippen LogP contribution is -2.10. The van der Waals surface area contributed by atoms with E-state index in [4.69, 9.17) is 4.74 Å². The maximum absolute atomic E-state index is 12.6. The molecule has 1 heterocycles. The van der Waals surface area contributed by atoms with Gasteiger partial charge in [-0.1, -0.05) is 18.2 Å². The number of methoxy groups -OCH3 is 1. The number of carbonyl (C=O) groups is 2. The molecule has 0 atom stereocenters. The van der Waals surface area contributed by atoms with Gasteiger partial charge in [0.2, 0.25) is 0 Å². The molecule has 0 aliphatic carbocycles. The Hall–Kier alpha value is -2.88. The minimum absolute atomic E-state index is 0.179. The van der Waals surface area contributed by atoms with Gasteiger partial charge in [-0.3, -0.25) is 14.2 Å². The molecule has 0 fully saturated rings.